The molecule has 1 aromatic rings. The van der Waals surface area contributed by atoms with E-state index in [2.05, 4.69) is 11.7 Å². The van der Waals surface area contributed by atoms with E-state index in [1.54, 1.807) is 6.07 Å². The highest BCUT2D eigenvalue weighted by Crippen LogP contribution is 2.18. The SMILES string of the molecule is CCCCCCCCOC(=O)Cl.COc1ccc(N)c(C(=O)O)c1. The third-order valence-electron chi connectivity index (χ3n) is 3.20. The van der Waals surface area contributed by atoms with Crippen LogP contribution in [0.2, 0.25) is 0 Å². The lowest BCUT2D eigenvalue weighted by Gasteiger charge is -2.03. The lowest BCUT2D eigenvalue weighted by molar-refractivity contribution is 0.0697. The number of methoxy groups -OCH3 is 1. The van der Waals surface area contributed by atoms with Gasteiger partial charge in [0.25, 0.3) is 0 Å². The van der Waals surface area contributed by atoms with Gasteiger partial charge in [-0.2, -0.15) is 0 Å². The maximum atomic E-state index is 10.6. The molecule has 24 heavy (non-hydrogen) atoms. The van der Waals surface area contributed by atoms with Gasteiger partial charge in [-0.1, -0.05) is 39.0 Å². The quantitative estimate of drug-likeness (QED) is 0.376. The Labute approximate surface area is 147 Å². The molecule has 6 nitrogen and oxygen atoms in total. The molecule has 0 aliphatic rings. The second kappa shape index (κ2) is 13.5. The van der Waals surface area contributed by atoms with Gasteiger partial charge in [-0.15, -0.1) is 0 Å². The van der Waals surface area contributed by atoms with E-state index in [0.29, 0.717) is 12.4 Å². The molecule has 0 atom stereocenters. The number of unbranched alkanes of at least 4 members (excludes halogenated alkanes) is 5. The second-order valence-electron chi connectivity index (χ2n) is 5.11. The number of aromatic carboxylic acids is 1. The van der Waals surface area contributed by atoms with Crippen molar-refractivity contribution in [3.05, 3.63) is 23.8 Å². The summed E-state index contributed by atoms with van der Waals surface area (Å²) < 4.78 is 9.42. The van der Waals surface area contributed by atoms with E-state index in [4.69, 9.17) is 27.2 Å². The van der Waals surface area contributed by atoms with Crippen LogP contribution in [-0.4, -0.2) is 30.2 Å². The minimum Gasteiger partial charge on any atom is -0.497 e. The van der Waals surface area contributed by atoms with E-state index in [-0.39, 0.29) is 11.3 Å². The van der Waals surface area contributed by atoms with Crippen LogP contribution < -0.4 is 10.5 Å². The zero-order valence-electron chi connectivity index (χ0n) is 14.2. The molecule has 0 heterocycles. The summed E-state index contributed by atoms with van der Waals surface area (Å²) in [6, 6.07) is 4.50. The van der Waals surface area contributed by atoms with Crippen LogP contribution in [0.4, 0.5) is 10.5 Å². The Morgan fingerprint density at radius 3 is 2.33 bits per heavy atom. The van der Waals surface area contributed by atoms with Crippen LogP contribution in [0.15, 0.2) is 18.2 Å². The first-order valence-electron chi connectivity index (χ1n) is 7.91. The van der Waals surface area contributed by atoms with Crippen LogP contribution in [0.5, 0.6) is 5.75 Å². The van der Waals surface area contributed by atoms with Gasteiger partial charge < -0.3 is 20.3 Å². The van der Waals surface area contributed by atoms with Gasteiger partial charge in [0, 0.05) is 17.3 Å². The molecule has 0 fully saturated rings. The van der Waals surface area contributed by atoms with Crippen molar-refractivity contribution in [3.63, 3.8) is 0 Å². The molecular formula is C17H26ClNO5. The number of carbonyl (C=O) groups excluding carboxylic acids is 1. The molecule has 0 aromatic heterocycles. The molecule has 3 N–H and O–H groups in total. The van der Waals surface area contributed by atoms with Gasteiger partial charge in [-0.3, -0.25) is 0 Å². The maximum Gasteiger partial charge on any atom is 0.403 e. The van der Waals surface area contributed by atoms with Crippen LogP contribution in [0.1, 0.15) is 55.8 Å². The van der Waals surface area contributed by atoms with Gasteiger partial charge in [0.15, 0.2) is 0 Å². The summed E-state index contributed by atoms with van der Waals surface area (Å²) in [5.74, 6) is -0.562. The molecule has 0 aliphatic heterocycles. The Morgan fingerprint density at radius 2 is 1.79 bits per heavy atom. The number of hydrogen-bond donors (Lipinski definition) is 2. The first-order valence-corrected chi connectivity index (χ1v) is 8.29. The summed E-state index contributed by atoms with van der Waals surface area (Å²) in [6.45, 7) is 2.66. The van der Waals surface area contributed by atoms with Crippen LogP contribution >= 0.6 is 11.6 Å². The van der Waals surface area contributed by atoms with Gasteiger partial charge in [-0.05, 0) is 24.6 Å². The number of halogens is 1. The Morgan fingerprint density at radius 1 is 1.17 bits per heavy atom. The summed E-state index contributed by atoms with van der Waals surface area (Å²) in [7, 11) is 1.47. The van der Waals surface area contributed by atoms with Gasteiger partial charge >= 0.3 is 11.4 Å². The first-order chi connectivity index (χ1) is 11.4. The van der Waals surface area contributed by atoms with E-state index in [1.165, 1.54) is 44.9 Å². The number of carbonyl (C=O) groups is 2. The van der Waals surface area contributed by atoms with E-state index in [9.17, 15) is 9.59 Å². The molecule has 0 saturated heterocycles. The Bertz CT molecular complexity index is 508. The minimum atomic E-state index is -1.05. The predicted molar refractivity (Wildman–Crippen MR) is 94.9 cm³/mol. The van der Waals surface area contributed by atoms with Crippen molar-refractivity contribution in [2.24, 2.45) is 0 Å². The summed E-state index contributed by atoms with van der Waals surface area (Å²) in [6.07, 6.45) is 7.14. The lowest BCUT2D eigenvalue weighted by Crippen LogP contribution is -2.02. The fourth-order valence-corrected chi connectivity index (χ4v) is 1.96. The molecule has 7 heteroatoms. The third kappa shape index (κ3) is 10.7. The fraction of sp³-hybridized carbons (Fsp3) is 0.529. The Hall–Kier alpha value is -1.95. The number of nitrogens with two attached hydrogens (primary N) is 1. The van der Waals surface area contributed by atoms with Gasteiger partial charge in [0.1, 0.15) is 5.75 Å². The zero-order chi connectivity index (χ0) is 18.4. The van der Waals surface area contributed by atoms with Gasteiger partial charge in [0.05, 0.1) is 19.3 Å². The Balaban J connectivity index is 0.000000441. The standard InChI is InChI=1S/C9H17ClO2.C8H9NO3/c1-2-3-4-5-6-7-8-12-9(10)11;1-12-5-2-3-7(9)6(4-5)8(10)11/h2-8H2,1H3;2-4H,9H2,1H3,(H,10,11). The summed E-state index contributed by atoms with van der Waals surface area (Å²) in [5, 5.41) is 8.65. The average Bonchev–Trinajstić information content (AvgIpc) is 2.54. The monoisotopic (exact) mass is 359 g/mol. The predicted octanol–water partition coefficient (Wildman–Crippen LogP) is 4.70. The third-order valence-corrected chi connectivity index (χ3v) is 3.31. The largest absolute Gasteiger partial charge is 0.497 e. The molecule has 0 unspecified atom stereocenters. The molecule has 0 spiro atoms. The smallest absolute Gasteiger partial charge is 0.403 e. The van der Waals surface area contributed by atoms with Crippen LogP contribution in [0.3, 0.4) is 0 Å². The average molecular weight is 360 g/mol. The van der Waals surface area contributed by atoms with Crippen molar-refractivity contribution in [3.8, 4) is 5.75 Å². The summed E-state index contributed by atoms with van der Waals surface area (Å²) in [4.78, 5) is 20.7. The number of rotatable bonds is 9. The highest BCUT2D eigenvalue weighted by Gasteiger charge is 2.08. The van der Waals surface area contributed by atoms with E-state index >= 15 is 0 Å². The first kappa shape index (κ1) is 22.1. The topological polar surface area (TPSA) is 98.9 Å². The van der Waals surface area contributed by atoms with Crippen molar-refractivity contribution in [2.45, 2.75) is 45.4 Å². The van der Waals surface area contributed by atoms with Crippen molar-refractivity contribution in [1.82, 2.24) is 0 Å². The van der Waals surface area contributed by atoms with Crippen LogP contribution in [-0.2, 0) is 4.74 Å². The highest BCUT2D eigenvalue weighted by molar-refractivity contribution is 6.61. The molecule has 1 rings (SSSR count). The highest BCUT2D eigenvalue weighted by atomic mass is 35.5. The number of benzene rings is 1. The normalized spacial score (nSPS) is 9.62. The number of anilines is 1. The molecule has 136 valence electrons. The number of carboxylic acids is 1. The Kier molecular flexibility index (Phi) is 12.4. The van der Waals surface area contributed by atoms with Gasteiger partial charge in [0.2, 0.25) is 0 Å². The maximum absolute atomic E-state index is 10.6. The molecule has 0 amide bonds. The lowest BCUT2D eigenvalue weighted by atomic mass is 10.1. The summed E-state index contributed by atoms with van der Waals surface area (Å²) >= 11 is 4.98. The molecule has 0 bridgehead atoms. The van der Waals surface area contributed by atoms with E-state index < -0.39 is 11.4 Å². The molecule has 0 saturated carbocycles. The van der Waals surface area contributed by atoms with E-state index in [1.807, 2.05) is 0 Å². The van der Waals surface area contributed by atoms with Crippen molar-refractivity contribution >= 4 is 28.7 Å². The van der Waals surface area contributed by atoms with Crippen molar-refractivity contribution in [2.75, 3.05) is 19.5 Å². The number of nitrogen functional groups attached to an aromatic ring is 1. The van der Waals surface area contributed by atoms with E-state index in [0.717, 1.165) is 12.8 Å². The number of ether oxygens (including phenoxy) is 2. The summed E-state index contributed by atoms with van der Waals surface area (Å²) in [5.41, 5.74) is 5.02. The van der Waals surface area contributed by atoms with Crippen molar-refractivity contribution in [1.29, 1.82) is 0 Å². The zero-order valence-corrected chi connectivity index (χ0v) is 15.0. The number of hydrogen-bond acceptors (Lipinski definition) is 5. The number of carboxylic acid groups (broad SMARTS) is 1. The van der Waals surface area contributed by atoms with Crippen molar-refractivity contribution < 1.29 is 24.2 Å². The second-order valence-corrected chi connectivity index (χ2v) is 5.42. The molecule has 0 radical (unpaired) electrons. The molecule has 1 aromatic carbocycles. The molecular weight excluding hydrogens is 334 g/mol. The van der Waals surface area contributed by atoms with Crippen LogP contribution in [0.25, 0.3) is 0 Å². The molecule has 0 aliphatic carbocycles. The minimum absolute atomic E-state index is 0.0642. The fourth-order valence-electron chi connectivity index (χ4n) is 1.88. The van der Waals surface area contributed by atoms with Gasteiger partial charge in [-0.25, -0.2) is 9.59 Å². The van der Waals surface area contributed by atoms with Crippen LogP contribution in [0, 0.1) is 0 Å².